The quantitative estimate of drug-likeness (QED) is 0.478. The summed E-state index contributed by atoms with van der Waals surface area (Å²) < 4.78 is 0. The average Bonchev–Trinajstić information content (AvgIpc) is 2.31. The van der Waals surface area contributed by atoms with Crippen LogP contribution in [0.15, 0.2) is 23.8 Å². The van der Waals surface area contributed by atoms with Crippen LogP contribution in [0.1, 0.15) is 33.1 Å². The molecule has 0 radical (unpaired) electrons. The van der Waals surface area contributed by atoms with E-state index in [1.54, 1.807) is 5.57 Å². The molecule has 1 fully saturated rings. The highest BCUT2D eigenvalue weighted by molar-refractivity contribution is 5.20. The molecule has 0 bridgehead atoms. The summed E-state index contributed by atoms with van der Waals surface area (Å²) in [5.74, 6) is 2.49. The molecule has 0 amide bonds. The first-order valence-corrected chi connectivity index (χ1v) is 5.03. The molecule has 0 aliphatic heterocycles. The lowest BCUT2D eigenvalue weighted by atomic mass is 9.75. The second-order valence-electron chi connectivity index (χ2n) is 4.56. The maximum absolute atomic E-state index is 4.18. The van der Waals surface area contributed by atoms with Gasteiger partial charge in [-0.1, -0.05) is 30.7 Å². The molecule has 3 atom stereocenters. The van der Waals surface area contributed by atoms with Crippen LogP contribution < -0.4 is 0 Å². The molecule has 0 heterocycles. The second kappa shape index (κ2) is 2.76. The highest BCUT2D eigenvalue weighted by atomic mass is 14.4. The minimum absolute atomic E-state index is 0.749. The Labute approximate surface area is 75.4 Å². The molecule has 1 saturated carbocycles. The summed E-state index contributed by atoms with van der Waals surface area (Å²) in [4.78, 5) is 0. The van der Waals surface area contributed by atoms with Crippen LogP contribution in [-0.2, 0) is 0 Å². The number of allylic oxidation sites excluding steroid dienone is 3. The van der Waals surface area contributed by atoms with Gasteiger partial charge < -0.3 is 0 Å². The molecule has 0 spiro atoms. The predicted molar refractivity (Wildman–Crippen MR) is 52.9 cm³/mol. The molecule has 0 nitrogen and oxygen atoms in total. The van der Waals surface area contributed by atoms with Gasteiger partial charge in [0.1, 0.15) is 0 Å². The summed E-state index contributed by atoms with van der Waals surface area (Å²) >= 11 is 0. The fraction of sp³-hybridized carbons (Fsp3) is 0.667. The van der Waals surface area contributed by atoms with E-state index < -0.39 is 0 Å². The maximum Gasteiger partial charge on any atom is -0.0114 e. The summed E-state index contributed by atoms with van der Waals surface area (Å²) in [6.45, 7) is 8.80. The Bertz CT molecular complexity index is 234. The lowest BCUT2D eigenvalue weighted by molar-refractivity contribution is 0.331. The van der Waals surface area contributed by atoms with E-state index in [0.29, 0.717) is 0 Å². The molecule has 2 aliphatic rings. The van der Waals surface area contributed by atoms with Crippen molar-refractivity contribution < 1.29 is 0 Å². The van der Waals surface area contributed by atoms with E-state index in [4.69, 9.17) is 0 Å². The van der Waals surface area contributed by atoms with Crippen molar-refractivity contribution in [3.63, 3.8) is 0 Å². The van der Waals surface area contributed by atoms with Crippen LogP contribution >= 0.6 is 0 Å². The number of rotatable bonds is 0. The zero-order chi connectivity index (χ0) is 8.72. The van der Waals surface area contributed by atoms with Crippen molar-refractivity contribution >= 4 is 0 Å². The molecule has 0 aromatic rings. The third kappa shape index (κ3) is 1.14. The highest BCUT2D eigenvalue weighted by Gasteiger charge is 2.35. The standard InChI is InChI=1S/C12H18/c1-8-6-10(3)12-9(2)4-5-11(12)7-8/h6,10-12H,2,4-5,7H2,1,3H3/t10-,11?,12+/m0/s1. The Kier molecular flexibility index (Phi) is 1.86. The van der Waals surface area contributed by atoms with E-state index >= 15 is 0 Å². The Morgan fingerprint density at radius 3 is 3.00 bits per heavy atom. The van der Waals surface area contributed by atoms with Gasteiger partial charge in [0, 0.05) is 0 Å². The van der Waals surface area contributed by atoms with Crippen LogP contribution in [0.2, 0.25) is 0 Å². The van der Waals surface area contributed by atoms with Crippen molar-refractivity contribution in [3.05, 3.63) is 23.8 Å². The first kappa shape index (κ1) is 8.10. The van der Waals surface area contributed by atoms with E-state index in [1.807, 2.05) is 0 Å². The first-order valence-electron chi connectivity index (χ1n) is 5.03. The van der Waals surface area contributed by atoms with Gasteiger partial charge in [-0.3, -0.25) is 0 Å². The summed E-state index contributed by atoms with van der Waals surface area (Å²) in [6, 6.07) is 0. The Hall–Kier alpha value is -0.520. The lowest BCUT2D eigenvalue weighted by Gasteiger charge is -2.30. The van der Waals surface area contributed by atoms with Gasteiger partial charge in [-0.25, -0.2) is 0 Å². The van der Waals surface area contributed by atoms with Crippen molar-refractivity contribution in [3.8, 4) is 0 Å². The predicted octanol–water partition coefficient (Wildman–Crippen LogP) is 3.55. The minimum atomic E-state index is 0.749. The van der Waals surface area contributed by atoms with Crippen LogP contribution in [-0.4, -0.2) is 0 Å². The van der Waals surface area contributed by atoms with Gasteiger partial charge in [-0.05, 0) is 43.9 Å². The molecule has 0 saturated heterocycles. The summed E-state index contributed by atoms with van der Waals surface area (Å²) in [5, 5.41) is 0. The van der Waals surface area contributed by atoms with Crippen LogP contribution in [0.25, 0.3) is 0 Å². The van der Waals surface area contributed by atoms with Crippen LogP contribution in [0.5, 0.6) is 0 Å². The zero-order valence-electron chi connectivity index (χ0n) is 8.14. The highest BCUT2D eigenvalue weighted by Crippen LogP contribution is 2.46. The zero-order valence-corrected chi connectivity index (χ0v) is 8.14. The molecule has 66 valence electrons. The van der Waals surface area contributed by atoms with Crippen LogP contribution in [0, 0.1) is 17.8 Å². The molecular formula is C12H18. The van der Waals surface area contributed by atoms with Crippen molar-refractivity contribution in [1.29, 1.82) is 0 Å². The van der Waals surface area contributed by atoms with Gasteiger partial charge in [0.05, 0.1) is 0 Å². The number of fused-ring (bicyclic) bond motifs is 1. The van der Waals surface area contributed by atoms with E-state index in [1.165, 1.54) is 24.8 Å². The van der Waals surface area contributed by atoms with Gasteiger partial charge in [0.15, 0.2) is 0 Å². The molecule has 0 N–H and O–H groups in total. The minimum Gasteiger partial charge on any atom is -0.0995 e. The third-order valence-corrected chi connectivity index (χ3v) is 3.51. The fourth-order valence-electron chi connectivity index (χ4n) is 3.11. The summed E-state index contributed by atoms with van der Waals surface area (Å²) in [5.41, 5.74) is 3.11. The van der Waals surface area contributed by atoms with Crippen molar-refractivity contribution in [1.82, 2.24) is 0 Å². The molecule has 2 rings (SSSR count). The Morgan fingerprint density at radius 1 is 1.50 bits per heavy atom. The van der Waals surface area contributed by atoms with Crippen molar-refractivity contribution in [2.45, 2.75) is 33.1 Å². The number of hydrogen-bond acceptors (Lipinski definition) is 0. The second-order valence-corrected chi connectivity index (χ2v) is 4.56. The van der Waals surface area contributed by atoms with Crippen molar-refractivity contribution in [2.75, 3.05) is 0 Å². The summed E-state index contributed by atoms with van der Waals surface area (Å²) in [6.07, 6.45) is 6.44. The first-order chi connectivity index (χ1) is 5.68. The molecular weight excluding hydrogens is 144 g/mol. The van der Waals surface area contributed by atoms with Crippen molar-refractivity contribution in [2.24, 2.45) is 17.8 Å². The normalized spacial score (nSPS) is 41.0. The smallest absolute Gasteiger partial charge is 0.0114 e. The lowest BCUT2D eigenvalue weighted by Crippen LogP contribution is -2.20. The largest absolute Gasteiger partial charge is 0.0995 e. The molecule has 0 aromatic carbocycles. The van der Waals surface area contributed by atoms with E-state index in [9.17, 15) is 0 Å². The topological polar surface area (TPSA) is 0 Å². The molecule has 12 heavy (non-hydrogen) atoms. The van der Waals surface area contributed by atoms with E-state index in [0.717, 1.165) is 17.8 Å². The van der Waals surface area contributed by atoms with Crippen LogP contribution in [0.4, 0.5) is 0 Å². The van der Waals surface area contributed by atoms with Gasteiger partial charge in [0.25, 0.3) is 0 Å². The van der Waals surface area contributed by atoms with E-state index in [2.05, 4.69) is 26.5 Å². The Morgan fingerprint density at radius 2 is 2.25 bits per heavy atom. The van der Waals surface area contributed by atoms with Crippen LogP contribution in [0.3, 0.4) is 0 Å². The average molecular weight is 162 g/mol. The molecule has 0 heteroatoms. The van der Waals surface area contributed by atoms with Gasteiger partial charge in [-0.2, -0.15) is 0 Å². The molecule has 2 aliphatic carbocycles. The molecule has 1 unspecified atom stereocenters. The SMILES string of the molecule is C=C1CCC2CC(C)=C[C@H](C)[C@@H]12. The van der Waals surface area contributed by atoms with Gasteiger partial charge in [-0.15, -0.1) is 0 Å². The van der Waals surface area contributed by atoms with E-state index in [-0.39, 0.29) is 0 Å². The van der Waals surface area contributed by atoms with Gasteiger partial charge >= 0.3 is 0 Å². The monoisotopic (exact) mass is 162 g/mol. The fourth-order valence-corrected chi connectivity index (χ4v) is 3.11. The third-order valence-electron chi connectivity index (χ3n) is 3.51. The molecule has 0 aromatic heterocycles. The maximum atomic E-state index is 4.18. The summed E-state index contributed by atoms with van der Waals surface area (Å²) in [7, 11) is 0. The Balaban J connectivity index is 2.25. The number of hydrogen-bond donors (Lipinski definition) is 0. The van der Waals surface area contributed by atoms with Gasteiger partial charge in [0.2, 0.25) is 0 Å².